The summed E-state index contributed by atoms with van der Waals surface area (Å²) in [5.41, 5.74) is 0.894. The summed E-state index contributed by atoms with van der Waals surface area (Å²) in [5.74, 6) is 0.692. The van der Waals surface area contributed by atoms with Crippen molar-refractivity contribution in [1.82, 2.24) is 9.97 Å². The largest absolute Gasteiger partial charge is 0.367 e. The summed E-state index contributed by atoms with van der Waals surface area (Å²) in [6, 6.07) is 7.85. The van der Waals surface area contributed by atoms with E-state index in [0.29, 0.717) is 10.3 Å². The fraction of sp³-hybridized carbons (Fsp3) is 0.286. The molecule has 5 nitrogen and oxygen atoms in total. The second-order valence-electron chi connectivity index (χ2n) is 4.79. The van der Waals surface area contributed by atoms with Crippen molar-refractivity contribution < 1.29 is 0 Å². The van der Waals surface area contributed by atoms with Gasteiger partial charge in [-0.25, -0.2) is 4.98 Å². The number of aromatic amines is 1. The lowest BCUT2D eigenvalue weighted by Gasteiger charge is -2.37. The first-order valence-corrected chi connectivity index (χ1v) is 7.81. The average Bonchev–Trinajstić information content (AvgIpc) is 2.51. The highest BCUT2D eigenvalue weighted by molar-refractivity contribution is 9.10. The number of piperazine rings is 1. The van der Waals surface area contributed by atoms with Crippen LogP contribution in [-0.2, 0) is 0 Å². The normalized spacial score (nSPS) is 15.3. The summed E-state index contributed by atoms with van der Waals surface area (Å²) >= 11 is 9.54. The molecule has 1 N–H and O–H groups in total. The molecule has 3 rings (SSSR count). The van der Waals surface area contributed by atoms with E-state index in [-0.39, 0.29) is 5.56 Å². The van der Waals surface area contributed by atoms with E-state index < -0.39 is 0 Å². The van der Waals surface area contributed by atoms with Crippen LogP contribution in [0.15, 0.2) is 39.9 Å². The zero-order chi connectivity index (χ0) is 14.8. The van der Waals surface area contributed by atoms with E-state index in [1.807, 2.05) is 24.3 Å². The molecule has 1 aromatic carbocycles. The van der Waals surface area contributed by atoms with Crippen molar-refractivity contribution in [3.05, 3.63) is 50.4 Å². The minimum Gasteiger partial charge on any atom is -0.367 e. The van der Waals surface area contributed by atoms with Gasteiger partial charge in [-0.3, -0.25) is 4.79 Å². The number of anilines is 2. The van der Waals surface area contributed by atoms with Gasteiger partial charge in [-0.15, -0.1) is 0 Å². The highest BCUT2D eigenvalue weighted by Crippen LogP contribution is 2.27. The van der Waals surface area contributed by atoms with Crippen molar-refractivity contribution in [2.45, 2.75) is 0 Å². The van der Waals surface area contributed by atoms with E-state index in [2.05, 4.69) is 35.7 Å². The zero-order valence-corrected chi connectivity index (χ0v) is 13.6. The van der Waals surface area contributed by atoms with Gasteiger partial charge in [0.15, 0.2) is 0 Å². The van der Waals surface area contributed by atoms with Crippen LogP contribution in [0.4, 0.5) is 11.5 Å². The molecule has 21 heavy (non-hydrogen) atoms. The van der Waals surface area contributed by atoms with Crippen molar-refractivity contribution >= 4 is 39.0 Å². The molecule has 2 heterocycles. The first-order valence-electron chi connectivity index (χ1n) is 6.64. The van der Waals surface area contributed by atoms with E-state index in [4.69, 9.17) is 11.6 Å². The van der Waals surface area contributed by atoms with Gasteiger partial charge in [-0.05, 0) is 28.1 Å². The molecule has 1 saturated heterocycles. The number of aromatic nitrogens is 2. The topological polar surface area (TPSA) is 52.2 Å². The lowest BCUT2D eigenvalue weighted by Crippen LogP contribution is -2.47. The van der Waals surface area contributed by atoms with E-state index in [1.54, 1.807) is 0 Å². The number of nitrogens with one attached hydrogen (secondary N) is 1. The summed E-state index contributed by atoms with van der Waals surface area (Å²) in [5, 5.41) is 0.765. The van der Waals surface area contributed by atoms with Gasteiger partial charge < -0.3 is 14.8 Å². The van der Waals surface area contributed by atoms with Crippen molar-refractivity contribution in [1.29, 1.82) is 0 Å². The van der Waals surface area contributed by atoms with Gasteiger partial charge in [0, 0.05) is 26.2 Å². The molecular weight excluding hydrogens is 356 g/mol. The third-order valence-electron chi connectivity index (χ3n) is 3.55. The Kier molecular flexibility index (Phi) is 4.17. The number of rotatable bonds is 2. The Bertz CT molecular complexity index is 697. The van der Waals surface area contributed by atoms with Crippen LogP contribution in [0, 0.1) is 0 Å². The van der Waals surface area contributed by atoms with Crippen LogP contribution in [0.1, 0.15) is 0 Å². The van der Waals surface area contributed by atoms with Gasteiger partial charge >= 0.3 is 0 Å². The van der Waals surface area contributed by atoms with E-state index in [0.717, 1.165) is 36.9 Å². The van der Waals surface area contributed by atoms with Gasteiger partial charge in [-0.2, -0.15) is 0 Å². The van der Waals surface area contributed by atoms with E-state index in [9.17, 15) is 4.79 Å². The Morgan fingerprint density at radius 3 is 2.52 bits per heavy atom. The molecule has 0 saturated carbocycles. The second-order valence-corrected chi connectivity index (χ2v) is 5.99. The second kappa shape index (κ2) is 6.07. The number of nitrogens with zero attached hydrogens (tertiary/aromatic N) is 3. The van der Waals surface area contributed by atoms with Crippen LogP contribution < -0.4 is 15.4 Å². The van der Waals surface area contributed by atoms with Crippen molar-refractivity contribution in [3.8, 4) is 0 Å². The van der Waals surface area contributed by atoms with Crippen molar-refractivity contribution in [2.24, 2.45) is 0 Å². The Balaban J connectivity index is 1.75. The summed E-state index contributed by atoms with van der Waals surface area (Å²) in [4.78, 5) is 22.8. The van der Waals surface area contributed by atoms with Crippen LogP contribution in [0.3, 0.4) is 0 Å². The van der Waals surface area contributed by atoms with Crippen LogP contribution in [0.5, 0.6) is 0 Å². The van der Waals surface area contributed by atoms with Gasteiger partial charge in [0.1, 0.15) is 10.3 Å². The van der Waals surface area contributed by atoms with Crippen LogP contribution in [0.25, 0.3) is 0 Å². The molecule has 0 bridgehead atoms. The molecule has 110 valence electrons. The van der Waals surface area contributed by atoms with Crippen LogP contribution in [-0.4, -0.2) is 36.1 Å². The summed E-state index contributed by atoms with van der Waals surface area (Å²) < 4.78 is 0.483. The quantitative estimate of drug-likeness (QED) is 0.884. The third kappa shape index (κ3) is 2.91. The number of halogens is 2. The molecule has 0 radical (unpaired) electrons. The molecule has 0 unspecified atom stereocenters. The van der Waals surface area contributed by atoms with Gasteiger partial charge in [0.05, 0.1) is 17.0 Å². The molecular formula is C14H14BrClN4O. The summed E-state index contributed by atoms with van der Waals surface area (Å²) in [6.45, 7) is 3.26. The molecule has 0 aliphatic carbocycles. The first-order chi connectivity index (χ1) is 10.2. The Hall–Kier alpha value is -1.53. The molecule has 7 heteroatoms. The molecule has 0 amide bonds. The predicted octanol–water partition coefficient (Wildman–Crippen LogP) is 2.51. The maximum atomic E-state index is 11.6. The molecule has 1 aliphatic heterocycles. The molecule has 1 aromatic heterocycles. The lowest BCUT2D eigenvalue weighted by molar-refractivity contribution is 0.645. The Labute approximate surface area is 135 Å². The monoisotopic (exact) mass is 368 g/mol. The predicted molar refractivity (Wildman–Crippen MR) is 88.4 cm³/mol. The summed E-state index contributed by atoms with van der Waals surface area (Å²) in [6.07, 6.45) is 1.43. The first kappa shape index (κ1) is 14.4. The zero-order valence-electron chi connectivity index (χ0n) is 11.2. The third-order valence-corrected chi connectivity index (χ3v) is 4.58. The smallest absolute Gasteiger partial charge is 0.267 e. The SMILES string of the molecule is O=c1[nH]cnc(N2CCN(c3ccccc3Cl)CC2)c1Br. The number of H-pyrrole nitrogens is 1. The molecule has 0 atom stereocenters. The van der Waals surface area contributed by atoms with Crippen LogP contribution >= 0.6 is 27.5 Å². The van der Waals surface area contributed by atoms with E-state index in [1.165, 1.54) is 6.33 Å². The molecule has 1 aliphatic rings. The van der Waals surface area contributed by atoms with Crippen molar-refractivity contribution in [2.75, 3.05) is 36.0 Å². The van der Waals surface area contributed by atoms with Gasteiger partial charge in [0.2, 0.25) is 0 Å². The summed E-state index contributed by atoms with van der Waals surface area (Å²) in [7, 11) is 0. The molecule has 0 spiro atoms. The van der Waals surface area contributed by atoms with E-state index >= 15 is 0 Å². The maximum Gasteiger partial charge on any atom is 0.267 e. The highest BCUT2D eigenvalue weighted by atomic mass is 79.9. The maximum absolute atomic E-state index is 11.6. The molecule has 1 fully saturated rings. The van der Waals surface area contributed by atoms with Gasteiger partial charge in [-0.1, -0.05) is 23.7 Å². The minimum absolute atomic E-state index is 0.159. The fourth-order valence-corrected chi connectivity index (χ4v) is 3.18. The van der Waals surface area contributed by atoms with Gasteiger partial charge in [0.25, 0.3) is 5.56 Å². The fourth-order valence-electron chi connectivity index (χ4n) is 2.46. The number of hydrogen-bond acceptors (Lipinski definition) is 4. The average molecular weight is 370 g/mol. The number of benzene rings is 1. The number of hydrogen-bond donors (Lipinski definition) is 1. The number of para-hydroxylation sites is 1. The van der Waals surface area contributed by atoms with Crippen LogP contribution in [0.2, 0.25) is 5.02 Å². The molecule has 2 aromatic rings. The minimum atomic E-state index is -0.159. The standard InChI is InChI=1S/C14H14BrClN4O/c15-12-13(17-9-18-14(12)21)20-7-5-19(6-8-20)11-4-2-1-3-10(11)16/h1-4,9H,5-8H2,(H,17,18,21). The highest BCUT2D eigenvalue weighted by Gasteiger charge is 2.21. The Morgan fingerprint density at radius 2 is 1.81 bits per heavy atom. The Morgan fingerprint density at radius 1 is 1.14 bits per heavy atom. The van der Waals surface area contributed by atoms with Crippen molar-refractivity contribution in [3.63, 3.8) is 0 Å². The lowest BCUT2D eigenvalue weighted by atomic mass is 10.2.